The van der Waals surface area contributed by atoms with E-state index in [1.807, 2.05) is 0 Å². The molecule has 15 heavy (non-hydrogen) atoms. The minimum absolute atomic E-state index is 0.497. The van der Waals surface area contributed by atoms with Gasteiger partial charge in [-0.1, -0.05) is 20.8 Å². The van der Waals surface area contributed by atoms with Crippen LogP contribution in [0.15, 0.2) is 6.20 Å². The highest BCUT2D eigenvalue weighted by Gasteiger charge is 2.08. The van der Waals surface area contributed by atoms with Crippen LogP contribution in [0, 0.1) is 6.92 Å². The molecule has 3 heteroatoms. The molecule has 0 saturated carbocycles. The van der Waals surface area contributed by atoms with Gasteiger partial charge >= 0.3 is 0 Å². The molecule has 1 N–H and O–H groups in total. The van der Waals surface area contributed by atoms with Gasteiger partial charge in [-0.05, 0) is 20.3 Å². The number of nitrogens with zero attached hydrogens (tertiary/aromatic N) is 2. The van der Waals surface area contributed by atoms with E-state index in [0.717, 1.165) is 18.7 Å². The highest BCUT2D eigenvalue weighted by molar-refractivity contribution is 5.15. The first-order chi connectivity index (χ1) is 7.04. The fourth-order valence-electron chi connectivity index (χ4n) is 1.42. The zero-order chi connectivity index (χ0) is 11.4. The van der Waals surface area contributed by atoms with Gasteiger partial charge in [0, 0.05) is 30.4 Å². The number of aromatic nitrogens is 2. The number of nitrogens with one attached hydrogen (secondary N) is 1. The molecule has 3 nitrogen and oxygen atoms in total. The third-order valence-corrected chi connectivity index (χ3v) is 2.76. The van der Waals surface area contributed by atoms with Crippen LogP contribution in [0.3, 0.4) is 0 Å². The standard InChI is InChI=1S/C12H23N3/c1-6-10(4)15-8-12(11(5)14-15)7-13-9(2)3/h8-10,13H,6-7H2,1-5H3. The van der Waals surface area contributed by atoms with Gasteiger partial charge in [0.25, 0.3) is 0 Å². The quantitative estimate of drug-likeness (QED) is 0.808. The Bertz CT molecular complexity index is 302. The maximum absolute atomic E-state index is 4.54. The average Bonchev–Trinajstić information content (AvgIpc) is 2.55. The van der Waals surface area contributed by atoms with E-state index in [0.29, 0.717) is 12.1 Å². The first-order valence-corrected chi connectivity index (χ1v) is 5.82. The highest BCUT2D eigenvalue weighted by Crippen LogP contribution is 2.13. The van der Waals surface area contributed by atoms with Gasteiger partial charge < -0.3 is 5.32 Å². The molecule has 0 radical (unpaired) electrons. The second-order valence-electron chi connectivity index (χ2n) is 4.51. The van der Waals surface area contributed by atoms with Crippen LogP contribution in [0.1, 0.15) is 51.4 Å². The fraction of sp³-hybridized carbons (Fsp3) is 0.750. The lowest BCUT2D eigenvalue weighted by molar-refractivity contribution is 0.475. The zero-order valence-corrected chi connectivity index (χ0v) is 10.5. The summed E-state index contributed by atoms with van der Waals surface area (Å²) in [7, 11) is 0. The Morgan fingerprint density at radius 2 is 2.07 bits per heavy atom. The summed E-state index contributed by atoms with van der Waals surface area (Å²) in [6.45, 7) is 11.7. The Morgan fingerprint density at radius 1 is 1.40 bits per heavy atom. The SMILES string of the molecule is CCC(C)n1cc(CNC(C)C)c(C)n1. The zero-order valence-electron chi connectivity index (χ0n) is 10.5. The number of rotatable bonds is 5. The van der Waals surface area contributed by atoms with Crippen molar-refractivity contribution in [3.05, 3.63) is 17.5 Å². The molecule has 1 heterocycles. The van der Waals surface area contributed by atoms with Gasteiger partial charge in [-0.2, -0.15) is 5.10 Å². The summed E-state index contributed by atoms with van der Waals surface area (Å²) >= 11 is 0. The molecule has 0 aliphatic heterocycles. The van der Waals surface area contributed by atoms with Gasteiger partial charge in [0.1, 0.15) is 0 Å². The van der Waals surface area contributed by atoms with Crippen molar-refractivity contribution in [2.24, 2.45) is 0 Å². The molecular formula is C12H23N3. The Morgan fingerprint density at radius 3 is 2.60 bits per heavy atom. The van der Waals surface area contributed by atoms with E-state index in [-0.39, 0.29) is 0 Å². The van der Waals surface area contributed by atoms with Gasteiger partial charge in [-0.15, -0.1) is 0 Å². The van der Waals surface area contributed by atoms with Crippen LogP contribution in [0.25, 0.3) is 0 Å². The molecule has 1 aromatic heterocycles. The molecule has 0 bridgehead atoms. The predicted octanol–water partition coefficient (Wildman–Crippen LogP) is 2.66. The van der Waals surface area contributed by atoms with E-state index in [9.17, 15) is 0 Å². The first kappa shape index (κ1) is 12.2. The fourth-order valence-corrected chi connectivity index (χ4v) is 1.42. The molecule has 0 aromatic carbocycles. The van der Waals surface area contributed by atoms with Gasteiger partial charge in [-0.3, -0.25) is 4.68 Å². The van der Waals surface area contributed by atoms with Crippen LogP contribution in [0.4, 0.5) is 0 Å². The topological polar surface area (TPSA) is 29.9 Å². The number of hydrogen-bond acceptors (Lipinski definition) is 2. The smallest absolute Gasteiger partial charge is 0.0638 e. The van der Waals surface area contributed by atoms with Crippen molar-refractivity contribution < 1.29 is 0 Å². The minimum atomic E-state index is 0.497. The third-order valence-electron chi connectivity index (χ3n) is 2.76. The molecule has 0 saturated heterocycles. The monoisotopic (exact) mass is 209 g/mol. The second-order valence-corrected chi connectivity index (χ2v) is 4.51. The molecular weight excluding hydrogens is 186 g/mol. The molecule has 1 rings (SSSR count). The first-order valence-electron chi connectivity index (χ1n) is 5.82. The largest absolute Gasteiger partial charge is 0.310 e. The lowest BCUT2D eigenvalue weighted by Gasteiger charge is -2.08. The van der Waals surface area contributed by atoms with Crippen molar-refractivity contribution in [3.8, 4) is 0 Å². The lowest BCUT2D eigenvalue weighted by atomic mass is 10.2. The van der Waals surface area contributed by atoms with Crippen LogP contribution < -0.4 is 5.32 Å². The molecule has 0 aliphatic rings. The van der Waals surface area contributed by atoms with Gasteiger partial charge in [-0.25, -0.2) is 0 Å². The lowest BCUT2D eigenvalue weighted by Crippen LogP contribution is -2.21. The van der Waals surface area contributed by atoms with Gasteiger partial charge in [0.05, 0.1) is 5.69 Å². The van der Waals surface area contributed by atoms with Crippen LogP contribution >= 0.6 is 0 Å². The van der Waals surface area contributed by atoms with Crippen molar-refractivity contribution >= 4 is 0 Å². The summed E-state index contributed by atoms with van der Waals surface area (Å²) in [5.74, 6) is 0. The Hall–Kier alpha value is -0.830. The normalized spacial score (nSPS) is 13.5. The second kappa shape index (κ2) is 5.31. The van der Waals surface area contributed by atoms with E-state index in [1.54, 1.807) is 0 Å². The Kier molecular flexibility index (Phi) is 4.33. The van der Waals surface area contributed by atoms with Crippen molar-refractivity contribution in [1.29, 1.82) is 0 Å². The number of aryl methyl sites for hydroxylation is 1. The molecule has 0 aliphatic carbocycles. The maximum Gasteiger partial charge on any atom is 0.0638 e. The molecule has 0 fully saturated rings. The molecule has 1 aromatic rings. The summed E-state index contributed by atoms with van der Waals surface area (Å²) in [5.41, 5.74) is 2.45. The van der Waals surface area contributed by atoms with Crippen LogP contribution in [-0.2, 0) is 6.54 Å². The summed E-state index contributed by atoms with van der Waals surface area (Å²) in [6.07, 6.45) is 3.29. The molecule has 1 unspecified atom stereocenters. The molecule has 0 amide bonds. The van der Waals surface area contributed by atoms with Crippen LogP contribution in [0.2, 0.25) is 0 Å². The Labute approximate surface area is 92.9 Å². The van der Waals surface area contributed by atoms with Crippen LogP contribution in [-0.4, -0.2) is 15.8 Å². The highest BCUT2D eigenvalue weighted by atomic mass is 15.3. The van der Waals surface area contributed by atoms with Crippen LogP contribution in [0.5, 0.6) is 0 Å². The number of hydrogen-bond donors (Lipinski definition) is 1. The average molecular weight is 209 g/mol. The van der Waals surface area contributed by atoms with E-state index >= 15 is 0 Å². The van der Waals surface area contributed by atoms with E-state index in [2.05, 4.69) is 55.9 Å². The summed E-state index contributed by atoms with van der Waals surface area (Å²) in [6, 6.07) is 1.02. The van der Waals surface area contributed by atoms with E-state index in [4.69, 9.17) is 0 Å². The summed E-state index contributed by atoms with van der Waals surface area (Å²) in [5, 5.41) is 7.96. The van der Waals surface area contributed by atoms with Crippen molar-refractivity contribution in [3.63, 3.8) is 0 Å². The molecule has 1 atom stereocenters. The summed E-state index contributed by atoms with van der Waals surface area (Å²) in [4.78, 5) is 0. The maximum atomic E-state index is 4.54. The molecule has 0 spiro atoms. The predicted molar refractivity (Wildman–Crippen MR) is 63.9 cm³/mol. The van der Waals surface area contributed by atoms with Crippen molar-refractivity contribution in [2.75, 3.05) is 0 Å². The van der Waals surface area contributed by atoms with Gasteiger partial charge in [0.15, 0.2) is 0 Å². The molecule has 86 valence electrons. The summed E-state index contributed by atoms with van der Waals surface area (Å²) < 4.78 is 2.08. The minimum Gasteiger partial charge on any atom is -0.310 e. The van der Waals surface area contributed by atoms with Gasteiger partial charge in [0.2, 0.25) is 0 Å². The third kappa shape index (κ3) is 3.34. The van der Waals surface area contributed by atoms with E-state index in [1.165, 1.54) is 5.56 Å². The van der Waals surface area contributed by atoms with E-state index < -0.39 is 0 Å². The Balaban J connectivity index is 2.68. The van der Waals surface area contributed by atoms with Crippen molar-refractivity contribution in [2.45, 2.75) is 59.7 Å². The van der Waals surface area contributed by atoms with Crippen molar-refractivity contribution in [1.82, 2.24) is 15.1 Å².